The third-order valence-corrected chi connectivity index (χ3v) is 5.85. The summed E-state index contributed by atoms with van der Waals surface area (Å²) in [5, 5.41) is 12.5. The summed E-state index contributed by atoms with van der Waals surface area (Å²) in [4.78, 5) is 4.50. The van der Waals surface area contributed by atoms with Crippen LogP contribution in [0.3, 0.4) is 0 Å². The fourth-order valence-electron chi connectivity index (χ4n) is 2.76. The van der Waals surface area contributed by atoms with Crippen LogP contribution < -0.4 is 0 Å². The van der Waals surface area contributed by atoms with Gasteiger partial charge in [0.25, 0.3) is 0 Å². The molecule has 0 spiro atoms. The van der Waals surface area contributed by atoms with Crippen LogP contribution in [-0.4, -0.2) is 19.7 Å². The predicted molar refractivity (Wildman–Crippen MR) is 107 cm³/mol. The maximum atomic E-state index is 14.4. The van der Waals surface area contributed by atoms with Crippen LogP contribution >= 0.6 is 23.1 Å². The Bertz CT molecular complexity index is 1040. The zero-order chi connectivity index (χ0) is 18.6. The summed E-state index contributed by atoms with van der Waals surface area (Å²) in [6.45, 7) is 2.57. The molecule has 7 heteroatoms. The minimum Gasteiger partial charge on any atom is -0.297 e. The van der Waals surface area contributed by atoms with E-state index in [0.717, 1.165) is 21.4 Å². The van der Waals surface area contributed by atoms with Crippen LogP contribution in [-0.2, 0) is 12.3 Å². The normalized spacial score (nSPS) is 11.0. The molecule has 136 valence electrons. The van der Waals surface area contributed by atoms with Crippen LogP contribution in [0, 0.1) is 12.7 Å². The minimum atomic E-state index is -0.300. The number of rotatable bonds is 6. The van der Waals surface area contributed by atoms with E-state index < -0.39 is 0 Å². The van der Waals surface area contributed by atoms with Gasteiger partial charge in [-0.1, -0.05) is 54.2 Å². The molecule has 0 fully saturated rings. The number of aromatic nitrogens is 4. The van der Waals surface area contributed by atoms with Crippen molar-refractivity contribution in [3.8, 4) is 11.4 Å². The van der Waals surface area contributed by atoms with Gasteiger partial charge in [0.05, 0.1) is 22.8 Å². The van der Waals surface area contributed by atoms with Crippen molar-refractivity contribution in [3.63, 3.8) is 0 Å². The third kappa shape index (κ3) is 4.09. The Morgan fingerprint density at radius 2 is 1.81 bits per heavy atom. The lowest BCUT2D eigenvalue weighted by molar-refractivity contribution is 0.626. The highest BCUT2D eigenvalue weighted by Gasteiger charge is 2.17. The van der Waals surface area contributed by atoms with Crippen molar-refractivity contribution in [2.24, 2.45) is 0 Å². The lowest BCUT2D eigenvalue weighted by atomic mass is 10.2. The Balaban J connectivity index is 1.69. The first-order chi connectivity index (χ1) is 13.2. The summed E-state index contributed by atoms with van der Waals surface area (Å²) in [6, 6.07) is 16.7. The topological polar surface area (TPSA) is 43.6 Å². The molecular weight excluding hydrogens is 379 g/mol. The molecule has 0 aliphatic heterocycles. The second-order valence-electron chi connectivity index (χ2n) is 6.00. The Hall–Kier alpha value is -2.51. The molecule has 4 nitrogen and oxygen atoms in total. The quantitative estimate of drug-likeness (QED) is 0.421. The average molecular weight is 397 g/mol. The highest BCUT2D eigenvalue weighted by Crippen LogP contribution is 2.29. The molecule has 0 radical (unpaired) electrons. The molecule has 2 heterocycles. The Morgan fingerprint density at radius 1 is 1.04 bits per heavy atom. The summed E-state index contributed by atoms with van der Waals surface area (Å²) in [7, 11) is 0. The maximum Gasteiger partial charge on any atom is 0.192 e. The second-order valence-corrected chi connectivity index (χ2v) is 8.01. The number of benzene rings is 2. The molecule has 0 unspecified atom stereocenters. The van der Waals surface area contributed by atoms with E-state index in [-0.39, 0.29) is 5.82 Å². The zero-order valence-corrected chi connectivity index (χ0v) is 16.3. The van der Waals surface area contributed by atoms with Crippen LogP contribution in [0.5, 0.6) is 0 Å². The third-order valence-electron chi connectivity index (χ3n) is 4.03. The highest BCUT2D eigenvalue weighted by molar-refractivity contribution is 7.98. The summed E-state index contributed by atoms with van der Waals surface area (Å²) in [5.74, 6) is 0.939. The van der Waals surface area contributed by atoms with Crippen molar-refractivity contribution in [2.45, 2.75) is 24.4 Å². The summed E-state index contributed by atoms with van der Waals surface area (Å²) < 4.78 is 16.3. The Labute approximate surface area is 165 Å². The Kier molecular flexibility index (Phi) is 5.31. The maximum absolute atomic E-state index is 14.4. The molecule has 0 atom stereocenters. The van der Waals surface area contributed by atoms with Crippen molar-refractivity contribution < 1.29 is 4.39 Å². The monoisotopic (exact) mass is 396 g/mol. The average Bonchev–Trinajstić information content (AvgIpc) is 3.27. The van der Waals surface area contributed by atoms with Gasteiger partial charge in [-0.05, 0) is 24.6 Å². The van der Waals surface area contributed by atoms with Crippen molar-refractivity contribution >= 4 is 23.1 Å². The molecule has 0 aliphatic rings. The van der Waals surface area contributed by atoms with Crippen LogP contribution in [0.2, 0.25) is 0 Å². The number of thioether (sulfide) groups is 1. The van der Waals surface area contributed by atoms with Gasteiger partial charge in [0.1, 0.15) is 5.82 Å². The number of aryl methyl sites for hydroxylation is 1. The van der Waals surface area contributed by atoms with E-state index in [1.54, 1.807) is 35.2 Å². The first-order valence-electron chi connectivity index (χ1n) is 8.46. The first kappa shape index (κ1) is 17.9. The smallest absolute Gasteiger partial charge is 0.192 e. The number of halogens is 1. The van der Waals surface area contributed by atoms with Gasteiger partial charge < -0.3 is 0 Å². The summed E-state index contributed by atoms with van der Waals surface area (Å²) in [6.07, 6.45) is 0. The van der Waals surface area contributed by atoms with Crippen molar-refractivity contribution in [1.82, 2.24) is 19.7 Å². The van der Waals surface area contributed by atoms with Gasteiger partial charge >= 0.3 is 0 Å². The van der Waals surface area contributed by atoms with Gasteiger partial charge in [0, 0.05) is 11.1 Å². The van der Waals surface area contributed by atoms with E-state index in [1.165, 1.54) is 6.07 Å². The summed E-state index contributed by atoms with van der Waals surface area (Å²) >= 11 is 3.20. The molecule has 0 bridgehead atoms. The van der Waals surface area contributed by atoms with E-state index in [2.05, 4.69) is 20.6 Å². The molecule has 2 aromatic heterocycles. The van der Waals surface area contributed by atoms with Gasteiger partial charge in [0.2, 0.25) is 0 Å². The largest absolute Gasteiger partial charge is 0.297 e. The molecule has 27 heavy (non-hydrogen) atoms. The van der Waals surface area contributed by atoms with Gasteiger partial charge in [-0.25, -0.2) is 9.37 Å². The molecule has 0 aliphatic carbocycles. The van der Waals surface area contributed by atoms with E-state index in [9.17, 15) is 4.39 Å². The van der Waals surface area contributed by atoms with Crippen LogP contribution in [0.25, 0.3) is 11.4 Å². The van der Waals surface area contributed by atoms with E-state index in [1.807, 2.05) is 47.9 Å². The SMILES string of the molecule is Cc1nc(CSc2nnc(-c3ccccc3F)n2Cc2ccccc2)cs1. The van der Waals surface area contributed by atoms with E-state index in [0.29, 0.717) is 23.7 Å². The molecule has 0 saturated carbocycles. The zero-order valence-electron chi connectivity index (χ0n) is 14.7. The molecule has 2 aromatic carbocycles. The highest BCUT2D eigenvalue weighted by atomic mass is 32.2. The fraction of sp³-hybridized carbons (Fsp3) is 0.150. The van der Waals surface area contributed by atoms with Gasteiger partial charge in [-0.2, -0.15) is 0 Å². The second kappa shape index (κ2) is 8.02. The van der Waals surface area contributed by atoms with E-state index >= 15 is 0 Å². The predicted octanol–water partition coefficient (Wildman–Crippen LogP) is 5.19. The van der Waals surface area contributed by atoms with Gasteiger partial charge in [-0.3, -0.25) is 4.57 Å². The standard InChI is InChI=1S/C20H17FN4S2/c1-14-22-16(12-26-14)13-27-20-24-23-19(17-9-5-6-10-18(17)21)25(20)11-15-7-3-2-4-8-15/h2-10,12H,11,13H2,1H3. The molecule has 4 aromatic rings. The van der Waals surface area contributed by atoms with Gasteiger partial charge in [0.15, 0.2) is 11.0 Å². The van der Waals surface area contributed by atoms with Crippen molar-refractivity contribution in [1.29, 1.82) is 0 Å². The van der Waals surface area contributed by atoms with Crippen molar-refractivity contribution in [3.05, 3.63) is 82.1 Å². The van der Waals surface area contributed by atoms with Crippen LogP contribution in [0.4, 0.5) is 4.39 Å². The number of thiazole rings is 1. The lowest BCUT2D eigenvalue weighted by Crippen LogP contribution is -2.05. The summed E-state index contributed by atoms with van der Waals surface area (Å²) in [5.41, 5.74) is 2.59. The van der Waals surface area contributed by atoms with Gasteiger partial charge in [-0.15, -0.1) is 21.5 Å². The van der Waals surface area contributed by atoms with E-state index in [4.69, 9.17) is 0 Å². The van der Waals surface area contributed by atoms with Crippen LogP contribution in [0.15, 0.2) is 65.1 Å². The minimum absolute atomic E-state index is 0.300. The molecular formula is C20H17FN4S2. The first-order valence-corrected chi connectivity index (χ1v) is 10.3. The molecule has 4 rings (SSSR count). The lowest BCUT2D eigenvalue weighted by Gasteiger charge is -2.10. The van der Waals surface area contributed by atoms with Crippen molar-refractivity contribution in [2.75, 3.05) is 0 Å². The number of nitrogens with zero attached hydrogens (tertiary/aromatic N) is 4. The fourth-order valence-corrected chi connectivity index (χ4v) is 4.31. The molecule has 0 saturated heterocycles. The molecule has 0 amide bonds. The number of hydrogen-bond donors (Lipinski definition) is 0. The molecule has 0 N–H and O–H groups in total. The number of hydrogen-bond acceptors (Lipinski definition) is 5. The Morgan fingerprint density at radius 3 is 2.56 bits per heavy atom. The van der Waals surface area contributed by atoms with Crippen LogP contribution in [0.1, 0.15) is 16.3 Å².